The van der Waals surface area contributed by atoms with E-state index in [1.165, 1.54) is 22.6 Å². The number of unbranched alkanes of at least 4 members (excludes halogenated alkanes) is 3. The number of benzene rings is 2. The van der Waals surface area contributed by atoms with E-state index in [0.29, 0.717) is 41.4 Å². The van der Waals surface area contributed by atoms with Crippen LogP contribution < -0.4 is 34.0 Å². The number of rotatable bonds is 17. The van der Waals surface area contributed by atoms with Gasteiger partial charge < -0.3 is 42.9 Å². The van der Waals surface area contributed by atoms with E-state index in [4.69, 9.17) is 0 Å². The number of quaternary nitrogens is 2. The van der Waals surface area contributed by atoms with Gasteiger partial charge in [0.25, 0.3) is 23.6 Å². The fourth-order valence-corrected chi connectivity index (χ4v) is 7.13. The topological polar surface area (TPSA) is 74.8 Å². The van der Waals surface area contributed by atoms with Crippen LogP contribution in [0, 0.1) is 5.92 Å². The normalized spacial score (nSPS) is 15.8. The highest BCUT2D eigenvalue weighted by atomic mass is 79.9. The van der Waals surface area contributed by atoms with Gasteiger partial charge in [-0.25, -0.2) is 0 Å². The molecule has 2 heterocycles. The van der Waals surface area contributed by atoms with Crippen LogP contribution in [0.15, 0.2) is 48.5 Å². The van der Waals surface area contributed by atoms with Crippen LogP contribution in [0.1, 0.15) is 100 Å². The average Bonchev–Trinajstić information content (AvgIpc) is 3.39. The molecule has 10 heteroatoms. The summed E-state index contributed by atoms with van der Waals surface area (Å²) in [5.74, 6) is -0.396. The van der Waals surface area contributed by atoms with E-state index < -0.39 is 0 Å². The van der Waals surface area contributed by atoms with Crippen molar-refractivity contribution in [3.05, 3.63) is 70.8 Å². The minimum atomic E-state index is -0.166. The van der Waals surface area contributed by atoms with Gasteiger partial charge in [-0.05, 0) is 62.8 Å². The first kappa shape index (κ1) is 39.8. The number of hydrogen-bond acceptors (Lipinski definition) is 4. The van der Waals surface area contributed by atoms with Crippen LogP contribution in [0.25, 0.3) is 0 Å². The summed E-state index contributed by atoms with van der Waals surface area (Å²) < 4.78 is 1.76. The van der Waals surface area contributed by atoms with Crippen molar-refractivity contribution in [3.8, 4) is 0 Å². The van der Waals surface area contributed by atoms with E-state index >= 15 is 0 Å². The molecule has 0 aliphatic carbocycles. The zero-order valence-electron chi connectivity index (χ0n) is 28.4. The summed E-state index contributed by atoms with van der Waals surface area (Å²) in [7, 11) is 9.06. The van der Waals surface area contributed by atoms with Gasteiger partial charge in [-0.2, -0.15) is 0 Å². The largest absolute Gasteiger partial charge is 1.00 e. The Bertz CT molecular complexity index is 1310. The lowest BCUT2D eigenvalue weighted by atomic mass is 10.0. The zero-order valence-corrected chi connectivity index (χ0v) is 31.6. The molecular weight excluding hydrogens is 712 g/mol. The molecule has 4 amide bonds. The summed E-state index contributed by atoms with van der Waals surface area (Å²) in [6.07, 6.45) is 7.35. The molecule has 0 spiro atoms. The molecule has 2 atom stereocenters. The number of halogens is 2. The van der Waals surface area contributed by atoms with Gasteiger partial charge in [-0.3, -0.25) is 29.0 Å². The molecule has 2 aromatic carbocycles. The van der Waals surface area contributed by atoms with Gasteiger partial charge >= 0.3 is 0 Å². The molecule has 0 radical (unpaired) electrons. The van der Waals surface area contributed by atoms with E-state index in [9.17, 15) is 19.2 Å². The molecule has 2 aliphatic heterocycles. The summed E-state index contributed by atoms with van der Waals surface area (Å²) in [4.78, 5) is 54.2. The van der Waals surface area contributed by atoms with Gasteiger partial charge in [0.15, 0.2) is 0 Å². The molecule has 46 heavy (non-hydrogen) atoms. The minimum absolute atomic E-state index is 0. The fourth-order valence-electron chi connectivity index (χ4n) is 7.13. The highest BCUT2D eigenvalue weighted by Crippen LogP contribution is 2.26. The summed E-state index contributed by atoms with van der Waals surface area (Å²) >= 11 is 0. The van der Waals surface area contributed by atoms with Crippen molar-refractivity contribution >= 4 is 23.6 Å². The van der Waals surface area contributed by atoms with Gasteiger partial charge in [-0.15, -0.1) is 0 Å². The SMILES string of the molecule is CCC(CN1C(=O)c2ccccc2C1=O)C[N+](C)(C)CCCCCC[N+](C)(C)C(CC)CCN1C(=O)c2ccccc2C1=O.[Br-].[Br-]. The summed E-state index contributed by atoms with van der Waals surface area (Å²) in [6, 6.07) is 14.6. The first-order valence-electron chi connectivity index (χ1n) is 16.4. The van der Waals surface area contributed by atoms with Crippen LogP contribution >= 0.6 is 0 Å². The highest BCUT2D eigenvalue weighted by molar-refractivity contribution is 6.22. The third kappa shape index (κ3) is 9.14. The summed E-state index contributed by atoms with van der Waals surface area (Å²) in [5.41, 5.74) is 2.09. The summed E-state index contributed by atoms with van der Waals surface area (Å²) in [5, 5.41) is 0. The van der Waals surface area contributed by atoms with E-state index in [1.807, 2.05) is 24.3 Å². The lowest BCUT2D eigenvalue weighted by Crippen LogP contribution is -3.00. The van der Waals surface area contributed by atoms with Crippen molar-refractivity contribution < 1.29 is 62.1 Å². The molecule has 0 aromatic heterocycles. The summed E-state index contributed by atoms with van der Waals surface area (Å²) in [6.45, 7) is 8.34. The van der Waals surface area contributed by atoms with Crippen molar-refractivity contribution in [1.82, 2.24) is 9.80 Å². The molecule has 2 aromatic rings. The Hall–Kier alpha value is -2.40. The van der Waals surface area contributed by atoms with Gasteiger partial charge in [0, 0.05) is 25.4 Å². The Morgan fingerprint density at radius 1 is 0.609 bits per heavy atom. The van der Waals surface area contributed by atoms with Gasteiger partial charge in [0.2, 0.25) is 0 Å². The van der Waals surface area contributed by atoms with Crippen molar-refractivity contribution in [2.24, 2.45) is 5.92 Å². The van der Waals surface area contributed by atoms with Crippen LogP contribution in [0.5, 0.6) is 0 Å². The standard InChI is InChI=1S/C36H52N4O4.2BrH/c1-7-27(25-38-35(43)31-19-13-14-20-32(31)36(38)44)26-39(3,4)23-15-9-10-16-24-40(5,6)28(8-2)21-22-37-33(41)29-17-11-12-18-30(29)34(37)42;;/h11-14,17-20,27-28H,7-10,15-16,21-26H2,1-6H3;2*1H/q+2;;/p-2. The molecule has 0 saturated heterocycles. The smallest absolute Gasteiger partial charge is 0.261 e. The van der Waals surface area contributed by atoms with E-state index in [-0.39, 0.29) is 63.5 Å². The second-order valence-electron chi connectivity index (χ2n) is 14.0. The average molecular weight is 765 g/mol. The van der Waals surface area contributed by atoms with E-state index in [1.54, 1.807) is 24.3 Å². The number of fused-ring (bicyclic) bond motifs is 2. The molecule has 2 aliphatic rings. The molecule has 0 bridgehead atoms. The number of amides is 4. The number of carbonyl (C=O) groups excluding carboxylic acids is 4. The second-order valence-corrected chi connectivity index (χ2v) is 14.0. The quantitative estimate of drug-likeness (QED) is 0.124. The number of carbonyl (C=O) groups is 4. The lowest BCUT2D eigenvalue weighted by molar-refractivity contribution is -0.915. The van der Waals surface area contributed by atoms with Crippen molar-refractivity contribution in [3.63, 3.8) is 0 Å². The Morgan fingerprint density at radius 2 is 1.04 bits per heavy atom. The Kier molecular flexibility index (Phi) is 14.8. The second kappa shape index (κ2) is 17.1. The first-order chi connectivity index (χ1) is 20.9. The zero-order chi connectivity index (χ0) is 32.1. The van der Waals surface area contributed by atoms with Gasteiger partial charge in [-0.1, -0.05) is 38.1 Å². The number of imide groups is 2. The van der Waals surface area contributed by atoms with Gasteiger partial charge in [0.05, 0.1) is 76.1 Å². The highest BCUT2D eigenvalue weighted by Gasteiger charge is 2.38. The third-order valence-corrected chi connectivity index (χ3v) is 9.92. The molecule has 4 rings (SSSR count). The first-order valence-corrected chi connectivity index (χ1v) is 16.4. The maximum atomic E-state index is 12.9. The van der Waals surface area contributed by atoms with Crippen LogP contribution in [-0.2, 0) is 0 Å². The molecule has 0 N–H and O–H groups in total. The van der Waals surface area contributed by atoms with Crippen LogP contribution in [0.3, 0.4) is 0 Å². The number of hydrogen-bond donors (Lipinski definition) is 0. The van der Waals surface area contributed by atoms with E-state index in [0.717, 1.165) is 60.7 Å². The van der Waals surface area contributed by atoms with Crippen LogP contribution in [0.2, 0.25) is 0 Å². The molecular formula is C36H52Br2N4O4. The van der Waals surface area contributed by atoms with Gasteiger partial charge in [0.1, 0.15) is 0 Å². The Balaban J connectivity index is 0.00000368. The lowest BCUT2D eigenvalue weighted by Gasteiger charge is -2.38. The maximum Gasteiger partial charge on any atom is 0.261 e. The maximum absolute atomic E-state index is 12.9. The number of nitrogens with zero attached hydrogens (tertiary/aromatic N) is 4. The Morgan fingerprint density at radius 3 is 1.48 bits per heavy atom. The molecule has 0 fully saturated rings. The predicted molar refractivity (Wildman–Crippen MR) is 173 cm³/mol. The fraction of sp³-hybridized carbons (Fsp3) is 0.556. The molecule has 0 saturated carbocycles. The molecule has 254 valence electrons. The van der Waals surface area contributed by atoms with E-state index in [2.05, 4.69) is 42.0 Å². The van der Waals surface area contributed by atoms with Crippen LogP contribution in [-0.4, -0.2) is 109 Å². The van der Waals surface area contributed by atoms with Crippen molar-refractivity contribution in [2.75, 3.05) is 60.9 Å². The molecule has 2 unspecified atom stereocenters. The van der Waals surface area contributed by atoms with Crippen molar-refractivity contribution in [2.45, 2.75) is 64.8 Å². The Labute approximate surface area is 296 Å². The minimum Gasteiger partial charge on any atom is -1.00 e. The third-order valence-electron chi connectivity index (χ3n) is 9.92. The predicted octanol–water partition coefficient (Wildman–Crippen LogP) is -0.505. The van der Waals surface area contributed by atoms with Crippen LogP contribution in [0.4, 0.5) is 0 Å². The molecule has 8 nitrogen and oxygen atoms in total. The monoisotopic (exact) mass is 762 g/mol. The van der Waals surface area contributed by atoms with Crippen molar-refractivity contribution in [1.29, 1.82) is 0 Å².